The van der Waals surface area contributed by atoms with Crippen LogP contribution in [0.4, 0.5) is 0 Å². The standard InChI is InChI=1S/C2H4O5S.2H3N/c3-2(4)1-8(5,6)7;;/h1H2,(H,3,4)(H,5,6,7);2*1H3. The van der Waals surface area contributed by atoms with Crippen molar-refractivity contribution in [3.63, 3.8) is 0 Å². The first kappa shape index (κ1) is 16.1. The van der Waals surface area contributed by atoms with Gasteiger partial charge in [0.25, 0.3) is 10.1 Å². The number of carboxylic acids is 1. The maximum absolute atomic E-state index is 9.62. The van der Waals surface area contributed by atoms with Crippen LogP contribution >= 0.6 is 0 Å². The predicted molar refractivity (Wildman–Crippen MR) is 34.1 cm³/mol. The average Bonchev–Trinajstić information content (AvgIpc) is 1.21. The van der Waals surface area contributed by atoms with E-state index < -0.39 is 21.8 Å². The van der Waals surface area contributed by atoms with E-state index in [0.717, 1.165) is 0 Å². The van der Waals surface area contributed by atoms with Gasteiger partial charge in [0, 0.05) is 0 Å². The van der Waals surface area contributed by atoms with Crippen LogP contribution in [0.25, 0.3) is 0 Å². The number of hydrogen-bond donors (Lipinski definition) is 4. The molecule has 0 aromatic carbocycles. The molecule has 0 aromatic heterocycles. The summed E-state index contributed by atoms with van der Waals surface area (Å²) in [5.74, 6) is -2.79. The van der Waals surface area contributed by atoms with Crippen molar-refractivity contribution in [1.82, 2.24) is 12.3 Å². The molecule has 8 N–H and O–H groups in total. The first-order valence-electron chi connectivity index (χ1n) is 1.59. The Kier molecular flexibility index (Phi) is 8.25. The van der Waals surface area contributed by atoms with Gasteiger partial charge in [-0.05, 0) is 0 Å². The summed E-state index contributed by atoms with van der Waals surface area (Å²) in [5, 5.41) is 7.71. The number of hydrogen-bond acceptors (Lipinski definition) is 5. The Bertz CT molecular complexity index is 184. The fourth-order valence-corrected chi connectivity index (χ4v) is 0.468. The fourth-order valence-electron chi connectivity index (χ4n) is 0.156. The van der Waals surface area contributed by atoms with E-state index in [4.69, 9.17) is 9.66 Å². The molecule has 0 unspecified atom stereocenters. The highest BCUT2D eigenvalue weighted by atomic mass is 32.2. The van der Waals surface area contributed by atoms with Crippen molar-refractivity contribution in [3.05, 3.63) is 0 Å². The van der Waals surface area contributed by atoms with E-state index in [0.29, 0.717) is 0 Å². The first-order chi connectivity index (χ1) is 3.42. The summed E-state index contributed by atoms with van der Waals surface area (Å²) in [6.45, 7) is 0. The quantitative estimate of drug-likeness (QED) is 0.401. The van der Waals surface area contributed by atoms with Gasteiger partial charge in [-0.2, -0.15) is 8.42 Å². The van der Waals surface area contributed by atoms with Crippen LogP contribution in [0.15, 0.2) is 0 Å². The minimum Gasteiger partial charge on any atom is -0.480 e. The lowest BCUT2D eigenvalue weighted by molar-refractivity contribution is -0.134. The third-order valence-corrected chi connectivity index (χ3v) is 0.918. The normalized spacial score (nSPS) is 8.90. The van der Waals surface area contributed by atoms with E-state index in [-0.39, 0.29) is 12.3 Å². The molecule has 7 nitrogen and oxygen atoms in total. The molecule has 0 heterocycles. The molecule has 8 heteroatoms. The van der Waals surface area contributed by atoms with Crippen LogP contribution in [0.2, 0.25) is 0 Å². The molecule has 0 radical (unpaired) electrons. The molecule has 0 fully saturated rings. The van der Waals surface area contributed by atoms with E-state index in [9.17, 15) is 13.2 Å². The van der Waals surface area contributed by atoms with E-state index in [1.54, 1.807) is 0 Å². The number of aliphatic carboxylic acids is 1. The fraction of sp³-hybridized carbons (Fsp3) is 0.500. The second kappa shape index (κ2) is 5.11. The third kappa shape index (κ3) is 15.7. The summed E-state index contributed by atoms with van der Waals surface area (Å²) in [7, 11) is -4.32. The van der Waals surface area contributed by atoms with E-state index in [2.05, 4.69) is 0 Å². The Hall–Kier alpha value is -0.700. The van der Waals surface area contributed by atoms with Crippen LogP contribution in [0.1, 0.15) is 0 Å². The number of rotatable bonds is 2. The lowest BCUT2D eigenvalue weighted by Gasteiger charge is -1.85. The Morgan fingerprint density at radius 1 is 1.30 bits per heavy atom. The highest BCUT2D eigenvalue weighted by Gasteiger charge is 2.09. The van der Waals surface area contributed by atoms with Crippen LogP contribution in [-0.4, -0.2) is 29.8 Å². The average molecular weight is 174 g/mol. The second-order valence-corrected chi connectivity index (χ2v) is 2.57. The first-order valence-corrected chi connectivity index (χ1v) is 3.20. The monoisotopic (exact) mass is 174 g/mol. The van der Waals surface area contributed by atoms with Crippen molar-refractivity contribution in [2.75, 3.05) is 5.75 Å². The molecule has 0 spiro atoms. The molecule has 0 saturated carbocycles. The molecule has 0 saturated heterocycles. The lowest BCUT2D eigenvalue weighted by Crippen LogP contribution is -2.13. The molecule has 0 atom stereocenters. The zero-order valence-electron chi connectivity index (χ0n) is 5.15. The third-order valence-electron chi connectivity index (χ3n) is 0.306. The maximum atomic E-state index is 9.62. The molecule has 64 valence electrons. The predicted octanol–water partition coefficient (Wildman–Crippen LogP) is -0.717. The molecule has 0 aliphatic carbocycles. The second-order valence-electron chi connectivity index (χ2n) is 1.12. The Morgan fingerprint density at radius 2 is 1.60 bits per heavy atom. The van der Waals surface area contributed by atoms with Gasteiger partial charge in [0.1, 0.15) is 0 Å². The Morgan fingerprint density at radius 3 is 1.60 bits per heavy atom. The SMILES string of the molecule is N.N.O=C(O)CS(=O)(=O)O. The summed E-state index contributed by atoms with van der Waals surface area (Å²) in [5.41, 5.74) is 0. The molecule has 0 rings (SSSR count). The van der Waals surface area contributed by atoms with Crippen molar-refractivity contribution in [2.24, 2.45) is 0 Å². The molecule has 0 aliphatic heterocycles. The molecular weight excluding hydrogens is 164 g/mol. The van der Waals surface area contributed by atoms with Gasteiger partial charge in [0.05, 0.1) is 0 Å². The number of carbonyl (C=O) groups is 1. The van der Waals surface area contributed by atoms with Gasteiger partial charge in [-0.1, -0.05) is 0 Å². The smallest absolute Gasteiger partial charge is 0.321 e. The highest BCUT2D eigenvalue weighted by molar-refractivity contribution is 7.86. The maximum Gasteiger partial charge on any atom is 0.321 e. The van der Waals surface area contributed by atoms with E-state index in [1.165, 1.54) is 0 Å². The lowest BCUT2D eigenvalue weighted by atomic mass is 10.8. The molecule has 0 amide bonds. The van der Waals surface area contributed by atoms with Gasteiger partial charge >= 0.3 is 5.97 Å². The molecule has 0 aliphatic rings. The zero-order valence-corrected chi connectivity index (χ0v) is 5.97. The van der Waals surface area contributed by atoms with Crippen molar-refractivity contribution in [1.29, 1.82) is 0 Å². The van der Waals surface area contributed by atoms with Gasteiger partial charge in [0.2, 0.25) is 0 Å². The largest absolute Gasteiger partial charge is 0.480 e. The van der Waals surface area contributed by atoms with Crippen molar-refractivity contribution in [2.45, 2.75) is 0 Å². The van der Waals surface area contributed by atoms with Crippen LogP contribution < -0.4 is 12.3 Å². The number of carboxylic acid groups (broad SMARTS) is 1. The minimum absolute atomic E-state index is 0. The topological polar surface area (TPSA) is 162 Å². The van der Waals surface area contributed by atoms with Crippen molar-refractivity contribution in [3.8, 4) is 0 Å². The molecular formula is C2H10N2O5S. The summed E-state index contributed by atoms with van der Waals surface area (Å²) >= 11 is 0. The molecule has 0 aromatic rings. The van der Waals surface area contributed by atoms with Crippen LogP contribution in [0.3, 0.4) is 0 Å². The van der Waals surface area contributed by atoms with Crippen LogP contribution in [0.5, 0.6) is 0 Å². The van der Waals surface area contributed by atoms with E-state index >= 15 is 0 Å². The van der Waals surface area contributed by atoms with Crippen molar-refractivity contribution >= 4 is 16.1 Å². The zero-order chi connectivity index (χ0) is 6.78. The Labute approximate surface area is 58.0 Å². The van der Waals surface area contributed by atoms with Crippen LogP contribution in [-0.2, 0) is 14.9 Å². The van der Waals surface area contributed by atoms with Crippen LogP contribution in [0, 0.1) is 0 Å². The molecule has 10 heavy (non-hydrogen) atoms. The molecule has 0 bridgehead atoms. The summed E-state index contributed by atoms with van der Waals surface area (Å²) in [4.78, 5) is 9.48. The van der Waals surface area contributed by atoms with Gasteiger partial charge in [-0.25, -0.2) is 0 Å². The minimum atomic E-state index is -4.32. The van der Waals surface area contributed by atoms with Crippen molar-refractivity contribution < 1.29 is 22.9 Å². The highest BCUT2D eigenvalue weighted by Crippen LogP contribution is 1.78. The summed E-state index contributed by atoms with van der Waals surface area (Å²) in [6.07, 6.45) is 0. The van der Waals surface area contributed by atoms with Gasteiger partial charge in [0.15, 0.2) is 5.75 Å². The van der Waals surface area contributed by atoms with Gasteiger partial charge in [-0.3, -0.25) is 9.35 Å². The summed E-state index contributed by atoms with van der Waals surface area (Å²) in [6, 6.07) is 0. The van der Waals surface area contributed by atoms with E-state index in [1.807, 2.05) is 0 Å². The van der Waals surface area contributed by atoms with Gasteiger partial charge in [-0.15, -0.1) is 0 Å². The summed E-state index contributed by atoms with van der Waals surface area (Å²) < 4.78 is 27.0. The Balaban J connectivity index is -0.000000245. The van der Waals surface area contributed by atoms with Gasteiger partial charge < -0.3 is 17.4 Å².